The summed E-state index contributed by atoms with van der Waals surface area (Å²) in [6.45, 7) is 0. The highest BCUT2D eigenvalue weighted by Gasteiger charge is 2.41. The van der Waals surface area contributed by atoms with Crippen LogP contribution in [0.4, 0.5) is 0 Å². The fourth-order valence-electron chi connectivity index (χ4n) is 1.68. The predicted molar refractivity (Wildman–Crippen MR) is 33.7 cm³/mol. The largest absolute Gasteiger partial charge is 0.327 e. The number of carbonyl (C=O) groups is 1. The van der Waals surface area contributed by atoms with E-state index in [4.69, 9.17) is 5.73 Å². The second kappa shape index (κ2) is 1.45. The van der Waals surface area contributed by atoms with E-state index in [1.165, 1.54) is 0 Å². The van der Waals surface area contributed by atoms with Crippen molar-refractivity contribution < 1.29 is 4.79 Å². The molecule has 1 fully saturated rings. The zero-order valence-electron chi connectivity index (χ0n) is 5.08. The Kier molecular flexibility index (Phi) is 0.833. The van der Waals surface area contributed by atoms with E-state index in [1.807, 2.05) is 12.2 Å². The minimum absolute atomic E-state index is 0.0648. The summed E-state index contributed by atoms with van der Waals surface area (Å²) in [6.07, 6.45) is 4.80. The third-order valence-electron chi connectivity index (χ3n) is 2.23. The van der Waals surface area contributed by atoms with Gasteiger partial charge in [-0.3, -0.25) is 4.79 Å². The lowest BCUT2D eigenvalue weighted by molar-refractivity contribution is -0.120. The van der Waals surface area contributed by atoms with E-state index in [0.29, 0.717) is 5.78 Å². The van der Waals surface area contributed by atoms with Crippen LogP contribution in [0.25, 0.3) is 0 Å². The Morgan fingerprint density at radius 3 is 2.56 bits per heavy atom. The summed E-state index contributed by atoms with van der Waals surface area (Å²) >= 11 is 0. The summed E-state index contributed by atoms with van der Waals surface area (Å²) in [5.74, 6) is 0.572. The van der Waals surface area contributed by atoms with Crippen LogP contribution < -0.4 is 5.73 Å². The lowest BCUT2D eigenvalue weighted by atomic mass is 10.0. The van der Waals surface area contributed by atoms with Gasteiger partial charge in [-0.1, -0.05) is 12.2 Å². The first kappa shape index (κ1) is 5.18. The molecule has 3 atom stereocenters. The summed E-state index contributed by atoms with van der Waals surface area (Å²) in [7, 11) is 0. The van der Waals surface area contributed by atoms with Crippen LogP contribution in [0.1, 0.15) is 6.42 Å². The van der Waals surface area contributed by atoms with Gasteiger partial charge >= 0.3 is 0 Å². The number of fused-ring (bicyclic) bond motifs is 2. The fraction of sp³-hybridized carbons (Fsp3) is 0.571. The van der Waals surface area contributed by atoms with Crippen LogP contribution in [0.15, 0.2) is 12.2 Å². The molecule has 2 nitrogen and oxygen atoms in total. The number of rotatable bonds is 0. The first-order valence-electron chi connectivity index (χ1n) is 3.26. The lowest BCUT2D eigenvalue weighted by Crippen LogP contribution is -2.25. The van der Waals surface area contributed by atoms with Crippen molar-refractivity contribution >= 4 is 5.78 Å². The maximum Gasteiger partial charge on any atom is 0.148 e. The fourth-order valence-corrected chi connectivity index (χ4v) is 1.68. The smallest absolute Gasteiger partial charge is 0.148 e. The number of carbonyl (C=O) groups excluding carboxylic acids is 1. The predicted octanol–water partition coefficient (Wildman–Crippen LogP) is 0.0887. The van der Waals surface area contributed by atoms with Gasteiger partial charge in [-0.2, -0.15) is 0 Å². The number of nitrogens with two attached hydrogens (primary N) is 1. The number of hydrogen-bond acceptors (Lipinski definition) is 2. The van der Waals surface area contributed by atoms with Gasteiger partial charge in [0.05, 0.1) is 5.92 Å². The molecule has 2 heteroatoms. The number of hydrogen-bond donors (Lipinski definition) is 1. The van der Waals surface area contributed by atoms with E-state index >= 15 is 0 Å². The molecule has 0 aliphatic heterocycles. The van der Waals surface area contributed by atoms with E-state index in [-0.39, 0.29) is 17.9 Å². The third-order valence-corrected chi connectivity index (χ3v) is 2.23. The number of Topliss-reactive ketones (excluding diaryl/α,β-unsaturated/α-hetero) is 1. The molecule has 0 amide bonds. The van der Waals surface area contributed by atoms with Crippen molar-refractivity contribution in [2.24, 2.45) is 17.6 Å². The zero-order chi connectivity index (χ0) is 6.43. The molecule has 0 saturated heterocycles. The van der Waals surface area contributed by atoms with Gasteiger partial charge in [0.25, 0.3) is 0 Å². The highest BCUT2D eigenvalue weighted by molar-refractivity contribution is 5.92. The van der Waals surface area contributed by atoms with Crippen molar-refractivity contribution in [2.75, 3.05) is 0 Å². The molecule has 2 aliphatic carbocycles. The van der Waals surface area contributed by atoms with Crippen molar-refractivity contribution in [2.45, 2.75) is 12.5 Å². The Balaban J connectivity index is 2.36. The summed E-state index contributed by atoms with van der Waals surface area (Å²) in [5, 5.41) is 0. The van der Waals surface area contributed by atoms with Gasteiger partial charge in [0.15, 0.2) is 0 Å². The SMILES string of the molecule is N[C@H]1C[C@H]2C=C[C@H]1C2=O. The molecule has 1 saturated carbocycles. The molecule has 0 aromatic heterocycles. The van der Waals surface area contributed by atoms with Crippen LogP contribution in [0.2, 0.25) is 0 Å². The normalized spacial score (nSPS) is 46.8. The lowest BCUT2D eigenvalue weighted by Gasteiger charge is -2.08. The maximum absolute atomic E-state index is 11.0. The molecule has 0 unspecified atom stereocenters. The van der Waals surface area contributed by atoms with Crippen LogP contribution in [-0.4, -0.2) is 11.8 Å². The van der Waals surface area contributed by atoms with Gasteiger partial charge in [0.2, 0.25) is 0 Å². The monoisotopic (exact) mass is 123 g/mol. The van der Waals surface area contributed by atoms with Crippen molar-refractivity contribution in [3.05, 3.63) is 12.2 Å². The van der Waals surface area contributed by atoms with Crippen molar-refractivity contribution in [1.29, 1.82) is 0 Å². The molecule has 2 rings (SSSR count). The van der Waals surface area contributed by atoms with E-state index in [9.17, 15) is 4.79 Å². The van der Waals surface area contributed by atoms with Crippen LogP contribution in [0.5, 0.6) is 0 Å². The molecule has 0 aromatic carbocycles. The molecule has 0 spiro atoms. The van der Waals surface area contributed by atoms with Crippen molar-refractivity contribution in [3.63, 3.8) is 0 Å². The summed E-state index contributed by atoms with van der Waals surface area (Å²) in [5.41, 5.74) is 5.64. The number of ketones is 1. The molecular formula is C7H9NO. The first-order valence-corrected chi connectivity index (χ1v) is 3.26. The second-order valence-electron chi connectivity index (χ2n) is 2.82. The van der Waals surface area contributed by atoms with Gasteiger partial charge in [0, 0.05) is 12.0 Å². The topological polar surface area (TPSA) is 43.1 Å². The van der Waals surface area contributed by atoms with E-state index < -0.39 is 0 Å². The van der Waals surface area contributed by atoms with Gasteiger partial charge in [0.1, 0.15) is 5.78 Å². The second-order valence-corrected chi connectivity index (χ2v) is 2.82. The Labute approximate surface area is 53.7 Å². The minimum atomic E-state index is 0.0648. The van der Waals surface area contributed by atoms with Crippen LogP contribution in [0.3, 0.4) is 0 Å². The molecule has 0 radical (unpaired) electrons. The molecule has 0 heterocycles. The third kappa shape index (κ3) is 0.512. The highest BCUT2D eigenvalue weighted by Crippen LogP contribution is 2.34. The van der Waals surface area contributed by atoms with Gasteiger partial charge in [-0.05, 0) is 6.42 Å². The zero-order valence-corrected chi connectivity index (χ0v) is 5.08. The van der Waals surface area contributed by atoms with Crippen LogP contribution in [0, 0.1) is 11.8 Å². The molecule has 9 heavy (non-hydrogen) atoms. The Morgan fingerprint density at radius 2 is 2.33 bits per heavy atom. The molecule has 48 valence electrons. The van der Waals surface area contributed by atoms with Crippen molar-refractivity contribution in [1.82, 2.24) is 0 Å². The molecule has 2 N–H and O–H groups in total. The average Bonchev–Trinajstić information content (AvgIpc) is 2.25. The maximum atomic E-state index is 11.0. The Hall–Kier alpha value is -0.630. The molecule has 2 bridgehead atoms. The van der Waals surface area contributed by atoms with E-state index in [1.54, 1.807) is 0 Å². The Morgan fingerprint density at radius 1 is 1.56 bits per heavy atom. The van der Waals surface area contributed by atoms with E-state index in [2.05, 4.69) is 0 Å². The number of allylic oxidation sites excluding steroid dienone is 1. The molecule has 0 aromatic rings. The first-order chi connectivity index (χ1) is 4.29. The highest BCUT2D eigenvalue weighted by atomic mass is 16.1. The van der Waals surface area contributed by atoms with Gasteiger partial charge in [-0.15, -0.1) is 0 Å². The van der Waals surface area contributed by atoms with Crippen molar-refractivity contribution in [3.8, 4) is 0 Å². The van der Waals surface area contributed by atoms with Gasteiger partial charge in [-0.25, -0.2) is 0 Å². The summed E-state index contributed by atoms with van der Waals surface area (Å²) in [4.78, 5) is 11.0. The van der Waals surface area contributed by atoms with Crippen LogP contribution in [-0.2, 0) is 4.79 Å². The van der Waals surface area contributed by atoms with E-state index in [0.717, 1.165) is 6.42 Å². The summed E-state index contributed by atoms with van der Waals surface area (Å²) in [6, 6.07) is 0.118. The van der Waals surface area contributed by atoms with Gasteiger partial charge < -0.3 is 5.73 Å². The summed E-state index contributed by atoms with van der Waals surface area (Å²) < 4.78 is 0. The average molecular weight is 123 g/mol. The van der Waals surface area contributed by atoms with Crippen LogP contribution >= 0.6 is 0 Å². The minimum Gasteiger partial charge on any atom is -0.327 e. The molecular weight excluding hydrogens is 114 g/mol. The molecule has 2 aliphatic rings. The standard InChI is InChI=1S/C7H9NO/c8-6-3-4-1-2-5(6)7(4)9/h1-2,4-6H,3,8H2/t4-,5-,6+/m1/s1. The quantitative estimate of drug-likeness (QED) is 0.464. The Bertz CT molecular complexity index is 185.